The molecule has 1 heterocycles. The number of fused-ring (bicyclic) bond motifs is 1. The van der Waals surface area contributed by atoms with Crippen molar-refractivity contribution in [2.24, 2.45) is 23.2 Å². The predicted octanol–water partition coefficient (Wildman–Crippen LogP) is 7.04. The largest absolute Gasteiger partial charge is 0.393 e. The SMILES string of the molecule is C=C1/C(=C\C=C2/CCC[C@]3(C)[C@@H]([C@H](C)CCC[C@H](O)c4cc(C)cs4)CC[C@@H]23)C[C@@H](O)C[C@@H]1O. The first-order valence-electron chi connectivity index (χ1n) is 13.4. The lowest BCUT2D eigenvalue weighted by atomic mass is 9.60. The standard InChI is InChI=1S/C30H44O3S/c1-19-15-29(34-18-19)27(32)9-5-7-20(2)25-12-13-26-22(8-6-14-30(25,26)4)10-11-23-16-24(31)17-28(33)21(23)3/h10-11,15,18,20,24-28,31-33H,3,5-9,12-14,16-17H2,1-2,4H3/b22-10+,23-11-/t20-,24-,25-,26+,27+,28+,30-/m1/s1. The van der Waals surface area contributed by atoms with Gasteiger partial charge in [0.2, 0.25) is 0 Å². The van der Waals surface area contributed by atoms with Crippen LogP contribution in [0, 0.1) is 30.1 Å². The number of thiophene rings is 1. The molecular weight excluding hydrogens is 440 g/mol. The van der Waals surface area contributed by atoms with E-state index in [0.29, 0.717) is 30.1 Å². The summed E-state index contributed by atoms with van der Waals surface area (Å²) in [6, 6.07) is 2.12. The van der Waals surface area contributed by atoms with Crippen LogP contribution in [-0.4, -0.2) is 27.5 Å². The van der Waals surface area contributed by atoms with Crippen LogP contribution < -0.4 is 0 Å². The molecule has 0 spiro atoms. The Morgan fingerprint density at radius 2 is 2.03 bits per heavy atom. The van der Waals surface area contributed by atoms with E-state index < -0.39 is 12.2 Å². The molecule has 34 heavy (non-hydrogen) atoms. The second-order valence-electron chi connectivity index (χ2n) is 11.6. The van der Waals surface area contributed by atoms with Crippen LogP contribution >= 0.6 is 11.3 Å². The van der Waals surface area contributed by atoms with Crippen LogP contribution in [0.15, 0.2) is 46.9 Å². The van der Waals surface area contributed by atoms with Gasteiger partial charge in [-0.25, -0.2) is 0 Å². The van der Waals surface area contributed by atoms with Crippen LogP contribution in [0.4, 0.5) is 0 Å². The van der Waals surface area contributed by atoms with Gasteiger partial charge in [-0.2, -0.15) is 0 Å². The number of rotatable bonds is 7. The molecule has 1 aromatic heterocycles. The van der Waals surface area contributed by atoms with E-state index in [1.807, 2.05) is 0 Å². The number of aryl methyl sites for hydroxylation is 1. The third-order valence-corrected chi connectivity index (χ3v) is 10.4. The summed E-state index contributed by atoms with van der Waals surface area (Å²) in [5, 5.41) is 32.9. The van der Waals surface area contributed by atoms with Crippen LogP contribution in [0.5, 0.6) is 0 Å². The van der Waals surface area contributed by atoms with E-state index in [4.69, 9.17) is 0 Å². The first-order valence-corrected chi connectivity index (χ1v) is 14.2. The normalized spacial score (nSPS) is 36.1. The lowest BCUT2D eigenvalue weighted by Crippen LogP contribution is -2.36. The molecule has 3 fully saturated rings. The van der Waals surface area contributed by atoms with Gasteiger partial charge in [0, 0.05) is 11.3 Å². The summed E-state index contributed by atoms with van der Waals surface area (Å²) in [7, 11) is 0. The van der Waals surface area contributed by atoms with Gasteiger partial charge in [0.1, 0.15) is 0 Å². The fourth-order valence-electron chi connectivity index (χ4n) is 7.28. The molecule has 3 aliphatic rings. The molecular formula is C30H44O3S. The van der Waals surface area contributed by atoms with Gasteiger partial charge in [-0.1, -0.05) is 51.0 Å². The zero-order valence-electron chi connectivity index (χ0n) is 21.3. The highest BCUT2D eigenvalue weighted by atomic mass is 32.1. The van der Waals surface area contributed by atoms with Gasteiger partial charge in [0.05, 0.1) is 18.3 Å². The Morgan fingerprint density at radius 1 is 1.24 bits per heavy atom. The van der Waals surface area contributed by atoms with E-state index in [1.54, 1.807) is 16.9 Å². The zero-order chi connectivity index (χ0) is 24.5. The van der Waals surface area contributed by atoms with Crippen molar-refractivity contribution >= 4 is 11.3 Å². The lowest BCUT2D eigenvalue weighted by molar-refractivity contribution is 0.0860. The molecule has 0 amide bonds. The van der Waals surface area contributed by atoms with Crippen molar-refractivity contribution in [2.75, 3.05) is 0 Å². The molecule has 0 saturated heterocycles. The summed E-state index contributed by atoms with van der Waals surface area (Å²) >= 11 is 1.68. The summed E-state index contributed by atoms with van der Waals surface area (Å²) in [5.41, 5.74) is 4.94. The zero-order valence-corrected chi connectivity index (χ0v) is 22.1. The molecule has 188 valence electrons. The molecule has 0 unspecified atom stereocenters. The van der Waals surface area contributed by atoms with Gasteiger partial charge < -0.3 is 15.3 Å². The Kier molecular flexibility index (Phi) is 8.24. The Labute approximate surface area is 210 Å². The quantitative estimate of drug-likeness (QED) is 0.389. The van der Waals surface area contributed by atoms with Gasteiger partial charge in [0.15, 0.2) is 0 Å². The number of aliphatic hydroxyl groups is 3. The molecule has 4 heteroatoms. The smallest absolute Gasteiger partial charge is 0.0882 e. The molecule has 0 aliphatic heterocycles. The number of hydrogen-bond acceptors (Lipinski definition) is 4. The second-order valence-corrected chi connectivity index (χ2v) is 12.6. The first kappa shape index (κ1) is 25.9. The number of allylic oxidation sites excluding steroid dienone is 3. The molecule has 4 rings (SSSR count). The molecule has 0 radical (unpaired) electrons. The molecule has 3 saturated carbocycles. The molecule has 0 bridgehead atoms. The maximum atomic E-state index is 10.6. The van der Waals surface area contributed by atoms with Crippen molar-refractivity contribution in [3.05, 3.63) is 57.3 Å². The second kappa shape index (κ2) is 10.8. The van der Waals surface area contributed by atoms with E-state index in [-0.39, 0.29) is 6.10 Å². The van der Waals surface area contributed by atoms with Crippen molar-refractivity contribution in [3.8, 4) is 0 Å². The van der Waals surface area contributed by atoms with Crippen molar-refractivity contribution < 1.29 is 15.3 Å². The van der Waals surface area contributed by atoms with Crippen molar-refractivity contribution in [3.63, 3.8) is 0 Å². The summed E-state index contributed by atoms with van der Waals surface area (Å²) in [6.45, 7) is 11.1. The van der Waals surface area contributed by atoms with Crippen LogP contribution in [0.1, 0.15) is 94.6 Å². The summed E-state index contributed by atoms with van der Waals surface area (Å²) in [5.74, 6) is 2.05. The Bertz CT molecular complexity index is 927. The Morgan fingerprint density at radius 3 is 2.76 bits per heavy atom. The van der Waals surface area contributed by atoms with E-state index >= 15 is 0 Å². The Balaban J connectivity index is 1.38. The molecule has 3 N–H and O–H groups in total. The third kappa shape index (κ3) is 5.46. The minimum Gasteiger partial charge on any atom is -0.393 e. The number of aliphatic hydroxyl groups excluding tert-OH is 3. The van der Waals surface area contributed by atoms with Crippen LogP contribution in [0.2, 0.25) is 0 Å². The highest BCUT2D eigenvalue weighted by Gasteiger charge is 2.50. The molecule has 3 nitrogen and oxygen atoms in total. The Hall–Kier alpha value is -1.20. The molecule has 3 aliphatic carbocycles. The van der Waals surface area contributed by atoms with Crippen LogP contribution in [0.3, 0.4) is 0 Å². The maximum absolute atomic E-state index is 10.6. The number of hydrogen-bond donors (Lipinski definition) is 3. The van der Waals surface area contributed by atoms with Gasteiger partial charge >= 0.3 is 0 Å². The summed E-state index contributed by atoms with van der Waals surface area (Å²) < 4.78 is 0. The summed E-state index contributed by atoms with van der Waals surface area (Å²) in [4.78, 5) is 1.11. The van der Waals surface area contributed by atoms with Crippen molar-refractivity contribution in [1.82, 2.24) is 0 Å². The minimum atomic E-state index is -0.621. The van der Waals surface area contributed by atoms with Crippen LogP contribution in [0.25, 0.3) is 0 Å². The highest BCUT2D eigenvalue weighted by Crippen LogP contribution is 2.60. The van der Waals surface area contributed by atoms with E-state index in [0.717, 1.165) is 41.2 Å². The monoisotopic (exact) mass is 484 g/mol. The average Bonchev–Trinajstić information content (AvgIpc) is 3.38. The summed E-state index contributed by atoms with van der Waals surface area (Å²) in [6.07, 6.45) is 13.4. The maximum Gasteiger partial charge on any atom is 0.0882 e. The molecule has 7 atom stereocenters. The van der Waals surface area contributed by atoms with Gasteiger partial charge in [-0.3, -0.25) is 0 Å². The average molecular weight is 485 g/mol. The van der Waals surface area contributed by atoms with E-state index in [2.05, 4.69) is 50.9 Å². The minimum absolute atomic E-state index is 0.318. The molecule has 1 aromatic rings. The fraction of sp³-hybridized carbons (Fsp3) is 0.667. The topological polar surface area (TPSA) is 60.7 Å². The molecule has 0 aromatic carbocycles. The highest BCUT2D eigenvalue weighted by molar-refractivity contribution is 7.10. The van der Waals surface area contributed by atoms with Gasteiger partial charge in [-0.15, -0.1) is 11.3 Å². The fourth-order valence-corrected chi connectivity index (χ4v) is 8.20. The van der Waals surface area contributed by atoms with Crippen LogP contribution in [-0.2, 0) is 0 Å². The van der Waals surface area contributed by atoms with E-state index in [1.165, 1.54) is 37.7 Å². The van der Waals surface area contributed by atoms with Gasteiger partial charge in [-0.05, 0) is 103 Å². The predicted molar refractivity (Wildman–Crippen MR) is 142 cm³/mol. The van der Waals surface area contributed by atoms with Crippen molar-refractivity contribution in [2.45, 2.75) is 103 Å². The first-order chi connectivity index (χ1) is 16.2. The lowest BCUT2D eigenvalue weighted by Gasteiger charge is -2.44. The van der Waals surface area contributed by atoms with E-state index in [9.17, 15) is 15.3 Å². The van der Waals surface area contributed by atoms with Crippen molar-refractivity contribution in [1.29, 1.82) is 0 Å². The van der Waals surface area contributed by atoms with Gasteiger partial charge in [0.25, 0.3) is 0 Å². The third-order valence-electron chi connectivity index (χ3n) is 9.21.